The van der Waals surface area contributed by atoms with E-state index in [0.29, 0.717) is 13.2 Å². The Balaban J connectivity index is 3.66. The molecule has 0 amide bonds. The number of hydrogen-bond acceptors (Lipinski definition) is 4. The Kier molecular flexibility index (Phi) is 41.7. The summed E-state index contributed by atoms with van der Waals surface area (Å²) < 4.78 is 18.0. The molecule has 0 bridgehead atoms. The van der Waals surface area contributed by atoms with Gasteiger partial charge < -0.3 is 19.5 Å². The van der Waals surface area contributed by atoms with Crippen molar-refractivity contribution in [2.75, 3.05) is 46.6 Å². The molecule has 0 aliphatic heterocycles. The zero-order valence-electron chi connectivity index (χ0n) is 31.7. The van der Waals surface area contributed by atoms with Crippen molar-refractivity contribution in [3.8, 4) is 0 Å². The van der Waals surface area contributed by atoms with Gasteiger partial charge in [0.15, 0.2) is 0 Å². The van der Waals surface area contributed by atoms with E-state index in [0.717, 1.165) is 39.2 Å². The molecule has 0 aliphatic carbocycles. The average Bonchev–Trinajstić information content (AvgIpc) is 3.07. The molecular weight excluding hydrogens is 566 g/mol. The monoisotopic (exact) mass is 650 g/mol. The van der Waals surface area contributed by atoms with Crippen LogP contribution < -0.4 is 5.32 Å². The minimum atomic E-state index is 0.0501. The van der Waals surface area contributed by atoms with Crippen LogP contribution in [0.1, 0.15) is 194 Å². The Morgan fingerprint density at radius 2 is 0.761 bits per heavy atom. The standard InChI is InChI=1S/C42H83NO3/c1-4-6-8-10-12-14-16-18-20-22-24-26-28-30-32-34-37-44-40-42(41-45-39-36-43-3)46-38-35-33-31-29-27-25-23-21-19-17-15-13-11-9-7-5-2/h18-21,42-43H,4-17,22-41H2,1-3H3/b20-18-,21-19-. The van der Waals surface area contributed by atoms with Crippen LogP contribution in [-0.4, -0.2) is 52.7 Å². The molecule has 0 spiro atoms. The van der Waals surface area contributed by atoms with E-state index in [4.69, 9.17) is 14.2 Å². The van der Waals surface area contributed by atoms with E-state index < -0.39 is 0 Å². The number of hydrogen-bond donors (Lipinski definition) is 1. The Morgan fingerprint density at radius 3 is 1.17 bits per heavy atom. The van der Waals surface area contributed by atoms with Gasteiger partial charge in [-0.2, -0.15) is 0 Å². The van der Waals surface area contributed by atoms with Gasteiger partial charge in [-0.05, 0) is 71.3 Å². The molecule has 4 heteroatoms. The first kappa shape index (κ1) is 45.3. The fourth-order valence-corrected chi connectivity index (χ4v) is 5.80. The smallest absolute Gasteiger partial charge is 0.104 e. The zero-order chi connectivity index (χ0) is 33.3. The number of ether oxygens (including phenoxy) is 3. The number of unbranched alkanes of at least 4 members (excludes halogenated alkanes) is 24. The topological polar surface area (TPSA) is 39.7 Å². The number of nitrogens with one attached hydrogen (secondary N) is 1. The molecule has 1 atom stereocenters. The molecule has 46 heavy (non-hydrogen) atoms. The summed E-state index contributed by atoms with van der Waals surface area (Å²) >= 11 is 0. The lowest BCUT2D eigenvalue weighted by molar-refractivity contribution is -0.0605. The second-order valence-corrected chi connectivity index (χ2v) is 13.6. The van der Waals surface area contributed by atoms with Gasteiger partial charge in [0, 0.05) is 19.8 Å². The Hall–Kier alpha value is -0.680. The van der Waals surface area contributed by atoms with E-state index in [1.165, 1.54) is 167 Å². The Labute approximate surface area is 289 Å². The van der Waals surface area contributed by atoms with E-state index in [9.17, 15) is 0 Å². The quantitative estimate of drug-likeness (QED) is 0.0529. The fourth-order valence-electron chi connectivity index (χ4n) is 5.80. The van der Waals surface area contributed by atoms with Crippen LogP contribution >= 0.6 is 0 Å². The van der Waals surface area contributed by atoms with Crippen molar-refractivity contribution in [3.05, 3.63) is 24.3 Å². The third-order valence-electron chi connectivity index (χ3n) is 8.91. The van der Waals surface area contributed by atoms with Crippen molar-refractivity contribution in [2.45, 2.75) is 200 Å². The van der Waals surface area contributed by atoms with E-state index >= 15 is 0 Å². The van der Waals surface area contributed by atoms with E-state index in [1.54, 1.807) is 0 Å². The first-order valence-corrected chi connectivity index (χ1v) is 20.6. The summed E-state index contributed by atoms with van der Waals surface area (Å²) in [5.41, 5.74) is 0. The predicted molar refractivity (Wildman–Crippen MR) is 204 cm³/mol. The lowest BCUT2D eigenvalue weighted by Gasteiger charge is -2.18. The van der Waals surface area contributed by atoms with Crippen LogP contribution in [0.5, 0.6) is 0 Å². The Morgan fingerprint density at radius 1 is 0.413 bits per heavy atom. The summed E-state index contributed by atoms with van der Waals surface area (Å²) in [6, 6.07) is 0. The number of rotatable bonds is 40. The van der Waals surface area contributed by atoms with Crippen molar-refractivity contribution < 1.29 is 14.2 Å². The van der Waals surface area contributed by atoms with E-state index in [1.807, 2.05) is 7.05 Å². The van der Waals surface area contributed by atoms with Gasteiger partial charge in [-0.3, -0.25) is 0 Å². The molecule has 4 nitrogen and oxygen atoms in total. The molecule has 0 fully saturated rings. The van der Waals surface area contributed by atoms with Crippen molar-refractivity contribution in [2.24, 2.45) is 0 Å². The maximum atomic E-state index is 6.19. The Bertz CT molecular complexity index is 593. The van der Waals surface area contributed by atoms with Gasteiger partial charge in [0.1, 0.15) is 6.10 Å². The summed E-state index contributed by atoms with van der Waals surface area (Å²) in [6.07, 6.45) is 47.1. The van der Waals surface area contributed by atoms with Crippen LogP contribution in [-0.2, 0) is 14.2 Å². The normalized spacial score (nSPS) is 12.7. The van der Waals surface area contributed by atoms with Gasteiger partial charge in [-0.15, -0.1) is 0 Å². The van der Waals surface area contributed by atoms with Crippen molar-refractivity contribution in [1.29, 1.82) is 0 Å². The van der Waals surface area contributed by atoms with Crippen molar-refractivity contribution in [1.82, 2.24) is 5.32 Å². The van der Waals surface area contributed by atoms with E-state index in [-0.39, 0.29) is 6.10 Å². The zero-order valence-corrected chi connectivity index (χ0v) is 31.7. The molecular formula is C42H83NO3. The highest BCUT2D eigenvalue weighted by molar-refractivity contribution is 4.82. The molecule has 0 heterocycles. The molecule has 274 valence electrons. The van der Waals surface area contributed by atoms with Crippen LogP contribution in [0, 0.1) is 0 Å². The second-order valence-electron chi connectivity index (χ2n) is 13.6. The molecule has 0 aromatic heterocycles. The molecule has 0 aliphatic rings. The minimum Gasteiger partial charge on any atom is -0.379 e. The van der Waals surface area contributed by atoms with Crippen molar-refractivity contribution in [3.63, 3.8) is 0 Å². The van der Waals surface area contributed by atoms with E-state index in [2.05, 4.69) is 43.5 Å². The summed E-state index contributed by atoms with van der Waals surface area (Å²) in [7, 11) is 1.96. The fraction of sp³-hybridized carbons (Fsp3) is 0.905. The molecule has 1 unspecified atom stereocenters. The van der Waals surface area contributed by atoms with Crippen LogP contribution in [0.4, 0.5) is 0 Å². The van der Waals surface area contributed by atoms with Gasteiger partial charge in [-0.1, -0.05) is 154 Å². The molecule has 0 saturated heterocycles. The number of allylic oxidation sites excluding steroid dienone is 4. The minimum absolute atomic E-state index is 0.0501. The molecule has 1 N–H and O–H groups in total. The van der Waals surface area contributed by atoms with Gasteiger partial charge in [0.2, 0.25) is 0 Å². The highest BCUT2D eigenvalue weighted by atomic mass is 16.6. The van der Waals surface area contributed by atoms with Gasteiger partial charge in [0.25, 0.3) is 0 Å². The maximum Gasteiger partial charge on any atom is 0.104 e. The molecule has 0 rings (SSSR count). The summed E-state index contributed by atoms with van der Waals surface area (Å²) in [4.78, 5) is 0. The third-order valence-corrected chi connectivity index (χ3v) is 8.91. The highest BCUT2D eigenvalue weighted by Gasteiger charge is 2.10. The van der Waals surface area contributed by atoms with Crippen LogP contribution in [0.15, 0.2) is 24.3 Å². The third kappa shape index (κ3) is 39.5. The van der Waals surface area contributed by atoms with Crippen LogP contribution in [0.2, 0.25) is 0 Å². The first-order chi connectivity index (χ1) is 22.8. The lowest BCUT2D eigenvalue weighted by Crippen LogP contribution is -2.28. The van der Waals surface area contributed by atoms with Crippen LogP contribution in [0.3, 0.4) is 0 Å². The summed E-state index contributed by atoms with van der Waals surface area (Å²) in [5.74, 6) is 0. The van der Waals surface area contributed by atoms with Crippen molar-refractivity contribution >= 4 is 0 Å². The lowest BCUT2D eigenvalue weighted by atomic mass is 10.1. The van der Waals surface area contributed by atoms with Gasteiger partial charge >= 0.3 is 0 Å². The summed E-state index contributed by atoms with van der Waals surface area (Å²) in [6.45, 7) is 9.10. The van der Waals surface area contributed by atoms with Crippen LogP contribution in [0.25, 0.3) is 0 Å². The molecule has 0 aromatic rings. The average molecular weight is 650 g/mol. The molecule has 0 radical (unpaired) electrons. The van der Waals surface area contributed by atoms with Gasteiger partial charge in [-0.25, -0.2) is 0 Å². The number of likely N-dealkylation sites (N-methyl/N-ethyl adjacent to an activating group) is 1. The SMILES string of the molecule is CCCCCCCC/C=C\CCCCCCCCOCC(COCCNC)OCCCCCCCC/C=C\CCCCCCCC. The summed E-state index contributed by atoms with van der Waals surface area (Å²) in [5, 5.41) is 3.15. The largest absolute Gasteiger partial charge is 0.379 e. The first-order valence-electron chi connectivity index (χ1n) is 20.6. The predicted octanol–water partition coefficient (Wildman–Crippen LogP) is 12.7. The maximum absolute atomic E-state index is 6.19. The highest BCUT2D eigenvalue weighted by Crippen LogP contribution is 2.12. The second kappa shape index (κ2) is 42.3. The van der Waals surface area contributed by atoms with Gasteiger partial charge in [0.05, 0.1) is 19.8 Å². The molecule has 0 aromatic carbocycles. The molecule has 0 saturated carbocycles.